The maximum absolute atomic E-state index is 12.4. The number of phenolic OH excluding ortho intramolecular Hbond substituents is 1. The number of nitrogens with one attached hydrogen (secondary N) is 2. The molecule has 0 aliphatic rings. The number of aryl methyl sites for hydroxylation is 1. The van der Waals surface area contributed by atoms with Crippen molar-refractivity contribution in [2.45, 2.75) is 6.92 Å². The number of phenols is 1. The van der Waals surface area contributed by atoms with Crippen molar-refractivity contribution >= 4 is 23.2 Å². The Labute approximate surface area is 162 Å². The largest absolute Gasteiger partial charge is 0.507 e. The summed E-state index contributed by atoms with van der Waals surface area (Å²) < 4.78 is 5.50. The molecule has 0 saturated heterocycles. The highest BCUT2D eigenvalue weighted by Gasteiger charge is 2.12. The molecule has 0 heterocycles. The number of amides is 2. The van der Waals surface area contributed by atoms with Crippen molar-refractivity contribution in [3.8, 4) is 11.5 Å². The Balaban J connectivity index is 1.60. The van der Waals surface area contributed by atoms with Crippen molar-refractivity contribution < 1.29 is 19.4 Å². The first-order chi connectivity index (χ1) is 13.5. The topological polar surface area (TPSA) is 87.7 Å². The lowest BCUT2D eigenvalue weighted by molar-refractivity contribution is -0.118. The van der Waals surface area contributed by atoms with Gasteiger partial charge in [0, 0.05) is 17.4 Å². The maximum atomic E-state index is 12.4. The highest BCUT2D eigenvalue weighted by molar-refractivity contribution is 6.06. The van der Waals surface area contributed by atoms with Gasteiger partial charge in [-0.2, -0.15) is 0 Å². The normalized spacial score (nSPS) is 10.2. The summed E-state index contributed by atoms with van der Waals surface area (Å²) in [6.07, 6.45) is 0. The van der Waals surface area contributed by atoms with Crippen LogP contribution in [-0.2, 0) is 4.79 Å². The van der Waals surface area contributed by atoms with Gasteiger partial charge in [-0.05, 0) is 43.3 Å². The van der Waals surface area contributed by atoms with Gasteiger partial charge in [0.15, 0.2) is 6.61 Å². The van der Waals surface area contributed by atoms with Crippen molar-refractivity contribution in [1.82, 2.24) is 0 Å². The molecule has 3 aromatic rings. The highest BCUT2D eigenvalue weighted by atomic mass is 16.5. The van der Waals surface area contributed by atoms with Gasteiger partial charge in [-0.15, -0.1) is 0 Å². The van der Waals surface area contributed by atoms with E-state index in [4.69, 9.17) is 4.74 Å². The molecule has 2 amide bonds. The molecule has 0 atom stereocenters. The number of rotatable bonds is 6. The molecule has 6 nitrogen and oxygen atoms in total. The molecular weight excluding hydrogens is 356 g/mol. The van der Waals surface area contributed by atoms with Crippen LogP contribution in [0.4, 0.5) is 11.4 Å². The molecule has 3 aromatic carbocycles. The van der Waals surface area contributed by atoms with E-state index < -0.39 is 5.91 Å². The van der Waals surface area contributed by atoms with E-state index in [2.05, 4.69) is 10.6 Å². The van der Waals surface area contributed by atoms with Gasteiger partial charge in [-0.3, -0.25) is 9.59 Å². The molecular formula is C22H20N2O4. The number of para-hydroxylation sites is 1. The summed E-state index contributed by atoms with van der Waals surface area (Å²) in [5, 5.41) is 15.3. The van der Waals surface area contributed by atoms with E-state index in [1.807, 2.05) is 25.1 Å². The fraction of sp³-hybridized carbons (Fsp3) is 0.0909. The summed E-state index contributed by atoms with van der Waals surface area (Å²) in [5.41, 5.74) is 2.24. The van der Waals surface area contributed by atoms with Crippen LogP contribution in [0.5, 0.6) is 11.5 Å². The monoisotopic (exact) mass is 376 g/mol. The lowest BCUT2D eigenvalue weighted by Gasteiger charge is -2.10. The Morgan fingerprint density at radius 1 is 0.893 bits per heavy atom. The maximum Gasteiger partial charge on any atom is 0.262 e. The van der Waals surface area contributed by atoms with Gasteiger partial charge in [0.1, 0.15) is 11.5 Å². The lowest BCUT2D eigenvalue weighted by atomic mass is 10.1. The molecule has 0 fully saturated rings. The van der Waals surface area contributed by atoms with Crippen LogP contribution in [0, 0.1) is 6.92 Å². The number of benzene rings is 3. The third-order valence-electron chi connectivity index (χ3n) is 3.92. The van der Waals surface area contributed by atoms with Gasteiger partial charge in [0.25, 0.3) is 11.8 Å². The van der Waals surface area contributed by atoms with Gasteiger partial charge in [0.2, 0.25) is 0 Å². The number of carbonyl (C=O) groups is 2. The van der Waals surface area contributed by atoms with Crippen LogP contribution in [0.15, 0.2) is 72.8 Å². The van der Waals surface area contributed by atoms with Crippen molar-refractivity contribution in [1.29, 1.82) is 0 Å². The van der Waals surface area contributed by atoms with Crippen molar-refractivity contribution in [3.05, 3.63) is 83.9 Å². The highest BCUT2D eigenvalue weighted by Crippen LogP contribution is 2.22. The Hall–Kier alpha value is -3.80. The second-order valence-corrected chi connectivity index (χ2v) is 6.21. The fourth-order valence-corrected chi connectivity index (χ4v) is 2.56. The first-order valence-electron chi connectivity index (χ1n) is 8.70. The van der Waals surface area contributed by atoms with Crippen molar-refractivity contribution in [2.24, 2.45) is 0 Å². The molecule has 0 saturated carbocycles. The van der Waals surface area contributed by atoms with Gasteiger partial charge in [-0.25, -0.2) is 0 Å². The standard InChI is InChI=1S/C22H20N2O4/c1-15-10-11-20(25)19(12-15)22(27)24-17-8-5-9-18(13-17)28-14-21(26)23-16-6-3-2-4-7-16/h2-13,25H,14H2,1H3,(H,23,26)(H,24,27). The number of aromatic hydroxyl groups is 1. The van der Waals surface area contributed by atoms with Crippen LogP contribution in [-0.4, -0.2) is 23.5 Å². The Kier molecular flexibility index (Phi) is 5.91. The predicted molar refractivity (Wildman–Crippen MR) is 108 cm³/mol. The summed E-state index contributed by atoms with van der Waals surface area (Å²) in [6.45, 7) is 1.68. The van der Waals surface area contributed by atoms with E-state index in [1.165, 1.54) is 6.07 Å². The average Bonchev–Trinajstić information content (AvgIpc) is 2.69. The minimum Gasteiger partial charge on any atom is -0.507 e. The molecule has 0 aliphatic heterocycles. The van der Waals surface area contributed by atoms with Crippen LogP contribution >= 0.6 is 0 Å². The van der Waals surface area contributed by atoms with E-state index >= 15 is 0 Å². The van der Waals surface area contributed by atoms with Crippen LogP contribution < -0.4 is 15.4 Å². The van der Waals surface area contributed by atoms with E-state index in [0.717, 1.165) is 5.56 Å². The van der Waals surface area contributed by atoms with Crippen LogP contribution in [0.25, 0.3) is 0 Å². The molecule has 6 heteroatoms. The second kappa shape index (κ2) is 8.73. The summed E-state index contributed by atoms with van der Waals surface area (Å²) >= 11 is 0. The second-order valence-electron chi connectivity index (χ2n) is 6.21. The number of hydrogen-bond donors (Lipinski definition) is 3. The van der Waals surface area contributed by atoms with E-state index in [-0.39, 0.29) is 23.8 Å². The predicted octanol–water partition coefficient (Wildman–Crippen LogP) is 3.97. The van der Waals surface area contributed by atoms with Gasteiger partial charge in [0.05, 0.1) is 5.56 Å². The first kappa shape index (κ1) is 19.0. The Morgan fingerprint density at radius 2 is 1.64 bits per heavy atom. The van der Waals surface area contributed by atoms with Gasteiger partial charge >= 0.3 is 0 Å². The molecule has 0 aromatic heterocycles. The molecule has 0 bridgehead atoms. The summed E-state index contributed by atoms with van der Waals surface area (Å²) in [5.74, 6) is -0.368. The molecule has 0 aliphatic carbocycles. The summed E-state index contributed by atoms with van der Waals surface area (Å²) in [4.78, 5) is 24.4. The summed E-state index contributed by atoms with van der Waals surface area (Å²) in [6, 6.07) is 20.6. The number of carbonyl (C=O) groups excluding carboxylic acids is 2. The fourth-order valence-electron chi connectivity index (χ4n) is 2.56. The van der Waals surface area contributed by atoms with E-state index in [0.29, 0.717) is 17.1 Å². The third-order valence-corrected chi connectivity index (χ3v) is 3.92. The number of ether oxygens (including phenoxy) is 1. The SMILES string of the molecule is Cc1ccc(O)c(C(=O)Nc2cccc(OCC(=O)Nc3ccccc3)c2)c1. The van der Waals surface area contributed by atoms with Gasteiger partial charge in [-0.1, -0.05) is 35.9 Å². The molecule has 0 unspecified atom stereocenters. The average molecular weight is 376 g/mol. The molecule has 142 valence electrons. The minimum atomic E-state index is -0.430. The Morgan fingerprint density at radius 3 is 2.43 bits per heavy atom. The van der Waals surface area contributed by atoms with E-state index in [1.54, 1.807) is 48.5 Å². The Bertz CT molecular complexity index is 987. The minimum absolute atomic E-state index is 0.0897. The molecule has 0 spiro atoms. The van der Waals surface area contributed by atoms with Gasteiger partial charge < -0.3 is 20.5 Å². The zero-order chi connectivity index (χ0) is 19.9. The molecule has 3 rings (SSSR count). The smallest absolute Gasteiger partial charge is 0.262 e. The zero-order valence-corrected chi connectivity index (χ0v) is 15.3. The lowest BCUT2D eigenvalue weighted by Crippen LogP contribution is -2.20. The summed E-state index contributed by atoms with van der Waals surface area (Å²) in [7, 11) is 0. The number of anilines is 2. The molecule has 0 radical (unpaired) electrons. The zero-order valence-electron chi connectivity index (χ0n) is 15.3. The van der Waals surface area contributed by atoms with Crippen LogP contribution in [0.1, 0.15) is 15.9 Å². The van der Waals surface area contributed by atoms with Crippen LogP contribution in [0.2, 0.25) is 0 Å². The van der Waals surface area contributed by atoms with E-state index in [9.17, 15) is 14.7 Å². The van der Waals surface area contributed by atoms with Crippen molar-refractivity contribution in [3.63, 3.8) is 0 Å². The molecule has 3 N–H and O–H groups in total. The number of hydrogen-bond acceptors (Lipinski definition) is 4. The quantitative estimate of drug-likeness (QED) is 0.607. The first-order valence-corrected chi connectivity index (χ1v) is 8.70. The third kappa shape index (κ3) is 5.11. The van der Waals surface area contributed by atoms with Crippen LogP contribution in [0.3, 0.4) is 0 Å². The van der Waals surface area contributed by atoms with Crippen molar-refractivity contribution in [2.75, 3.05) is 17.2 Å². The molecule has 28 heavy (non-hydrogen) atoms.